The van der Waals surface area contributed by atoms with Gasteiger partial charge in [0.2, 0.25) is 5.95 Å². The Labute approximate surface area is 196 Å². The number of nitrogens with one attached hydrogen (secondary N) is 1. The monoisotopic (exact) mass is 449 g/mol. The molecular weight excluding hydrogens is 414 g/mol. The van der Waals surface area contributed by atoms with Crippen LogP contribution in [-0.2, 0) is 17.9 Å². The van der Waals surface area contributed by atoms with E-state index in [-0.39, 0.29) is 12.0 Å². The number of carbonyl (C=O) groups excluding carboxylic acids is 1. The van der Waals surface area contributed by atoms with E-state index in [0.717, 1.165) is 43.2 Å². The number of benzene rings is 1. The van der Waals surface area contributed by atoms with E-state index in [4.69, 9.17) is 5.73 Å². The van der Waals surface area contributed by atoms with Gasteiger partial charge in [0, 0.05) is 12.6 Å². The Hall–Kier alpha value is -3.00. The number of anilines is 2. The summed E-state index contributed by atoms with van der Waals surface area (Å²) < 4.78 is 0. The molecule has 2 aliphatic rings. The minimum Gasteiger partial charge on any atom is -0.368 e. The summed E-state index contributed by atoms with van der Waals surface area (Å²) in [6, 6.07) is 8.31. The smallest absolute Gasteiger partial charge is 0.222 e. The second-order valence-electron chi connectivity index (χ2n) is 8.99. The summed E-state index contributed by atoms with van der Waals surface area (Å²) in [6.45, 7) is 8.20. The number of carbonyl (C=O) groups is 1. The third-order valence-corrected chi connectivity index (χ3v) is 6.51. The maximum atomic E-state index is 12.3. The van der Waals surface area contributed by atoms with E-state index in [0.29, 0.717) is 18.1 Å². The Balaban J connectivity index is 1.53. The number of aldehydes is 1. The molecule has 3 heterocycles. The summed E-state index contributed by atoms with van der Waals surface area (Å²) in [4.78, 5) is 23.5. The molecule has 1 aromatic heterocycles. The summed E-state index contributed by atoms with van der Waals surface area (Å²) in [5.41, 5.74) is 9.73. The van der Waals surface area contributed by atoms with Crippen LogP contribution in [0.25, 0.3) is 0 Å². The van der Waals surface area contributed by atoms with Crippen LogP contribution < -0.4 is 11.1 Å². The zero-order valence-electron chi connectivity index (χ0n) is 19.7. The van der Waals surface area contributed by atoms with Crippen LogP contribution in [0.3, 0.4) is 0 Å². The van der Waals surface area contributed by atoms with E-state index >= 15 is 0 Å². The lowest BCUT2D eigenvalue weighted by atomic mass is 10.0. The Morgan fingerprint density at radius 1 is 1.12 bits per heavy atom. The molecule has 0 saturated carbocycles. The van der Waals surface area contributed by atoms with Crippen LogP contribution in [0.2, 0.25) is 0 Å². The Morgan fingerprint density at radius 3 is 2.45 bits per heavy atom. The number of hydrogen-bond acceptors (Lipinski definition) is 8. The lowest BCUT2D eigenvalue weighted by molar-refractivity contribution is -0.112. The lowest BCUT2D eigenvalue weighted by Crippen LogP contribution is -2.32. The van der Waals surface area contributed by atoms with Gasteiger partial charge in [-0.15, -0.1) is 0 Å². The second kappa shape index (κ2) is 10.7. The number of hydrogen-bond donors (Lipinski definition) is 2. The molecule has 0 bridgehead atoms. The zero-order valence-corrected chi connectivity index (χ0v) is 19.7. The SMILES string of the molecule is CCCC(CC)Nc1nc(N)nc2c1[C@H](C=O)N(Cc1ccc(CN3CCCC3)cc1)N=C2. The van der Waals surface area contributed by atoms with Crippen LogP contribution in [0.15, 0.2) is 29.4 Å². The summed E-state index contributed by atoms with van der Waals surface area (Å²) in [7, 11) is 0. The number of nitrogens with zero attached hydrogens (tertiary/aromatic N) is 5. The second-order valence-corrected chi connectivity index (χ2v) is 8.99. The van der Waals surface area contributed by atoms with Crippen LogP contribution in [0.5, 0.6) is 0 Å². The molecule has 1 fully saturated rings. The molecule has 2 aliphatic heterocycles. The van der Waals surface area contributed by atoms with Crippen molar-refractivity contribution in [2.24, 2.45) is 5.10 Å². The molecule has 0 radical (unpaired) electrons. The number of nitrogens with two attached hydrogens (primary N) is 1. The van der Waals surface area contributed by atoms with Crippen molar-refractivity contribution < 1.29 is 4.79 Å². The number of rotatable bonds is 10. The van der Waals surface area contributed by atoms with Crippen molar-refractivity contribution in [2.75, 3.05) is 24.1 Å². The largest absolute Gasteiger partial charge is 0.368 e. The molecule has 4 rings (SSSR count). The molecule has 8 nitrogen and oxygen atoms in total. The van der Waals surface area contributed by atoms with E-state index in [2.05, 4.69) is 63.4 Å². The van der Waals surface area contributed by atoms with E-state index in [1.807, 2.05) is 0 Å². The molecule has 0 amide bonds. The van der Waals surface area contributed by atoms with Crippen molar-refractivity contribution >= 4 is 24.3 Å². The highest BCUT2D eigenvalue weighted by atomic mass is 16.1. The van der Waals surface area contributed by atoms with Crippen LogP contribution >= 0.6 is 0 Å². The molecule has 1 saturated heterocycles. The Morgan fingerprint density at radius 2 is 1.82 bits per heavy atom. The molecule has 1 unspecified atom stereocenters. The van der Waals surface area contributed by atoms with E-state index in [1.165, 1.54) is 31.5 Å². The normalized spacial score (nSPS) is 18.8. The van der Waals surface area contributed by atoms with Crippen LogP contribution in [-0.4, -0.2) is 51.5 Å². The van der Waals surface area contributed by atoms with Crippen molar-refractivity contribution in [3.8, 4) is 0 Å². The first kappa shape index (κ1) is 23.2. The van der Waals surface area contributed by atoms with Crippen molar-refractivity contribution in [3.63, 3.8) is 0 Å². The highest BCUT2D eigenvalue weighted by Gasteiger charge is 2.30. The molecule has 3 N–H and O–H groups in total. The Bertz CT molecular complexity index is 969. The van der Waals surface area contributed by atoms with Gasteiger partial charge < -0.3 is 15.8 Å². The molecule has 176 valence electrons. The molecule has 0 spiro atoms. The first-order valence-corrected chi connectivity index (χ1v) is 12.1. The first-order valence-electron chi connectivity index (χ1n) is 12.1. The minimum atomic E-state index is -0.573. The molecule has 2 aromatic rings. The summed E-state index contributed by atoms with van der Waals surface area (Å²) >= 11 is 0. The van der Waals surface area contributed by atoms with Gasteiger partial charge in [0.05, 0.1) is 24.0 Å². The molecular formula is C25H35N7O. The minimum absolute atomic E-state index is 0.181. The maximum Gasteiger partial charge on any atom is 0.222 e. The number of nitrogen functional groups attached to an aromatic ring is 1. The van der Waals surface area contributed by atoms with Crippen molar-refractivity contribution in [1.82, 2.24) is 19.9 Å². The van der Waals surface area contributed by atoms with E-state index in [9.17, 15) is 4.79 Å². The summed E-state index contributed by atoms with van der Waals surface area (Å²) in [5.74, 6) is 0.813. The molecule has 0 aliphatic carbocycles. The number of likely N-dealkylation sites (tertiary alicyclic amines) is 1. The third-order valence-electron chi connectivity index (χ3n) is 6.51. The molecule has 33 heavy (non-hydrogen) atoms. The van der Waals surface area contributed by atoms with Gasteiger partial charge >= 0.3 is 0 Å². The number of aromatic nitrogens is 2. The van der Waals surface area contributed by atoms with Crippen LogP contribution in [0, 0.1) is 0 Å². The third kappa shape index (κ3) is 5.50. The summed E-state index contributed by atoms with van der Waals surface area (Å²) in [5, 5.41) is 9.85. The molecule has 8 heteroatoms. The zero-order chi connectivity index (χ0) is 23.2. The van der Waals surface area contributed by atoms with Gasteiger partial charge in [0.1, 0.15) is 18.1 Å². The number of hydrazone groups is 1. The van der Waals surface area contributed by atoms with Crippen LogP contribution in [0.1, 0.15) is 74.4 Å². The van der Waals surface area contributed by atoms with Gasteiger partial charge in [0.25, 0.3) is 0 Å². The van der Waals surface area contributed by atoms with Crippen LogP contribution in [0.4, 0.5) is 11.8 Å². The van der Waals surface area contributed by atoms with Crippen molar-refractivity contribution in [3.05, 3.63) is 46.6 Å². The summed E-state index contributed by atoms with van der Waals surface area (Å²) in [6.07, 6.45) is 8.23. The predicted molar refractivity (Wildman–Crippen MR) is 132 cm³/mol. The van der Waals surface area contributed by atoms with Crippen molar-refractivity contribution in [2.45, 2.75) is 71.1 Å². The first-order chi connectivity index (χ1) is 16.1. The Kier molecular flexibility index (Phi) is 7.54. The average molecular weight is 450 g/mol. The van der Waals surface area contributed by atoms with Crippen molar-refractivity contribution in [1.29, 1.82) is 0 Å². The van der Waals surface area contributed by atoms with Gasteiger partial charge in [-0.3, -0.25) is 9.91 Å². The molecule has 1 aromatic carbocycles. The van der Waals surface area contributed by atoms with E-state index in [1.54, 1.807) is 11.2 Å². The quantitative estimate of drug-likeness (QED) is 0.533. The highest BCUT2D eigenvalue weighted by Crippen LogP contribution is 2.33. The van der Waals surface area contributed by atoms with E-state index < -0.39 is 6.04 Å². The standard InChI is InChI=1S/C25H35N7O/c1-3-7-20(4-2)28-24-23-21(29-25(26)30-24)14-27-32(22(23)17-33)16-19-10-8-18(9-11-19)15-31-12-5-6-13-31/h8-11,14,17,20,22H,3-7,12-13,15-16H2,1-2H3,(H3,26,28,29,30)/t20?,22-/m0/s1. The van der Waals surface area contributed by atoms with Gasteiger partial charge in [0.15, 0.2) is 0 Å². The lowest BCUT2D eigenvalue weighted by Gasteiger charge is -2.31. The average Bonchev–Trinajstić information content (AvgIpc) is 3.33. The van der Waals surface area contributed by atoms with Gasteiger partial charge in [-0.2, -0.15) is 10.1 Å². The maximum absolute atomic E-state index is 12.3. The van der Waals surface area contributed by atoms with Gasteiger partial charge in [-0.1, -0.05) is 44.5 Å². The van der Waals surface area contributed by atoms with Gasteiger partial charge in [-0.05, 0) is 49.9 Å². The fourth-order valence-corrected chi connectivity index (χ4v) is 4.69. The predicted octanol–water partition coefficient (Wildman–Crippen LogP) is 3.73. The molecule has 2 atom stereocenters. The number of fused-ring (bicyclic) bond motifs is 1. The topological polar surface area (TPSA) is 99.7 Å². The highest BCUT2D eigenvalue weighted by molar-refractivity contribution is 5.86. The van der Waals surface area contributed by atoms with Gasteiger partial charge in [-0.25, -0.2) is 4.98 Å². The fourth-order valence-electron chi connectivity index (χ4n) is 4.69. The fraction of sp³-hybridized carbons (Fsp3) is 0.520.